The largest absolute Gasteiger partial charge is 0.392 e. The maximum Gasteiger partial charge on any atom is 0.330 e. The molecule has 0 unspecified atom stereocenters. The molecule has 0 aliphatic heterocycles. The number of carbonyl (C=O) groups is 2. The number of rotatable bonds is 6. The topological polar surface area (TPSA) is 121 Å². The van der Waals surface area contributed by atoms with Crippen molar-refractivity contribution < 1.29 is 14.3 Å². The fourth-order valence-electron chi connectivity index (χ4n) is 1.47. The fourth-order valence-corrected chi connectivity index (χ4v) is 1.47. The van der Waals surface area contributed by atoms with Crippen molar-refractivity contribution in [1.82, 2.24) is 0 Å². The molecule has 1 rings (SSSR count). The summed E-state index contributed by atoms with van der Waals surface area (Å²) in [6, 6.07) is 8.40. The van der Waals surface area contributed by atoms with Crippen molar-refractivity contribution in [2.45, 2.75) is 31.5 Å². The molecule has 1 atom stereocenters. The Hall–Kier alpha value is -1.76. The zero-order chi connectivity index (χ0) is 14.3. The second-order valence-corrected chi connectivity index (χ2v) is 4.29. The molecule has 6 heteroatoms. The smallest absolute Gasteiger partial charge is 0.330 e. The Bertz CT molecular complexity index is 420. The number of esters is 2. The summed E-state index contributed by atoms with van der Waals surface area (Å²) in [5.74, 6) is -1.39. The van der Waals surface area contributed by atoms with Gasteiger partial charge < -0.3 is 21.9 Å². The van der Waals surface area contributed by atoms with Crippen LogP contribution in [0.3, 0.4) is 0 Å². The van der Waals surface area contributed by atoms with Crippen molar-refractivity contribution in [1.29, 1.82) is 0 Å². The first-order valence-electron chi connectivity index (χ1n) is 6.04. The molecule has 104 valence electrons. The maximum atomic E-state index is 11.6. The zero-order valence-corrected chi connectivity index (χ0v) is 10.6. The molecule has 1 aromatic rings. The highest BCUT2D eigenvalue weighted by Crippen LogP contribution is 2.04. The van der Waals surface area contributed by atoms with Crippen LogP contribution in [0.1, 0.15) is 18.4 Å². The van der Waals surface area contributed by atoms with E-state index in [0.29, 0.717) is 6.42 Å². The third kappa shape index (κ3) is 6.10. The first kappa shape index (κ1) is 15.3. The number of carbonyl (C=O) groups excluding carboxylic acids is 2. The Labute approximate surface area is 111 Å². The van der Waals surface area contributed by atoms with Gasteiger partial charge in [-0.2, -0.15) is 0 Å². The van der Waals surface area contributed by atoms with Gasteiger partial charge in [0, 0.05) is 6.42 Å². The summed E-state index contributed by atoms with van der Waals surface area (Å²) in [5.41, 5.74) is 17.2. The second-order valence-electron chi connectivity index (χ2n) is 4.29. The minimum Gasteiger partial charge on any atom is -0.392 e. The Morgan fingerprint density at radius 1 is 1.11 bits per heavy atom. The third-order valence-electron chi connectivity index (χ3n) is 2.50. The average Bonchev–Trinajstić information content (AvgIpc) is 2.37. The molecular formula is C13H19N3O3. The summed E-state index contributed by atoms with van der Waals surface area (Å²) < 4.78 is 4.62. The molecule has 0 heterocycles. The monoisotopic (exact) mass is 265 g/mol. The first-order valence-corrected chi connectivity index (χ1v) is 6.04. The van der Waals surface area contributed by atoms with Gasteiger partial charge in [-0.15, -0.1) is 0 Å². The average molecular weight is 265 g/mol. The van der Waals surface area contributed by atoms with Crippen molar-refractivity contribution in [2.24, 2.45) is 17.2 Å². The van der Waals surface area contributed by atoms with E-state index >= 15 is 0 Å². The van der Waals surface area contributed by atoms with Gasteiger partial charge in [0.15, 0.2) is 0 Å². The number of benzene rings is 1. The summed E-state index contributed by atoms with van der Waals surface area (Å²) >= 11 is 0. The van der Waals surface area contributed by atoms with Crippen LogP contribution in [-0.2, 0) is 20.7 Å². The Morgan fingerprint density at radius 3 is 2.32 bits per heavy atom. The predicted molar refractivity (Wildman–Crippen MR) is 70.6 cm³/mol. The highest BCUT2D eigenvalue weighted by molar-refractivity contribution is 5.88. The van der Waals surface area contributed by atoms with E-state index in [-0.39, 0.29) is 12.8 Å². The molecular weight excluding hydrogens is 246 g/mol. The van der Waals surface area contributed by atoms with Crippen LogP contribution in [0.4, 0.5) is 0 Å². The summed E-state index contributed by atoms with van der Waals surface area (Å²) in [4.78, 5) is 22.9. The summed E-state index contributed by atoms with van der Waals surface area (Å²) in [5, 5.41) is 0. The van der Waals surface area contributed by atoms with E-state index in [1.165, 1.54) is 0 Å². The second kappa shape index (κ2) is 7.63. The number of nitrogens with two attached hydrogens (primary N) is 3. The quantitative estimate of drug-likeness (QED) is 0.367. The van der Waals surface area contributed by atoms with Gasteiger partial charge in [-0.3, -0.25) is 4.79 Å². The van der Waals surface area contributed by atoms with E-state index in [2.05, 4.69) is 4.74 Å². The zero-order valence-electron chi connectivity index (χ0n) is 10.6. The van der Waals surface area contributed by atoms with Crippen molar-refractivity contribution >= 4 is 11.9 Å². The van der Waals surface area contributed by atoms with Crippen molar-refractivity contribution in [3.63, 3.8) is 0 Å². The Kier molecular flexibility index (Phi) is 6.14. The minimum absolute atomic E-state index is 0.00145. The Balaban J connectivity index is 2.38. The normalized spacial score (nSPS) is 12.2. The lowest BCUT2D eigenvalue weighted by Crippen LogP contribution is -2.36. The molecule has 0 saturated carbocycles. The summed E-state index contributed by atoms with van der Waals surface area (Å²) in [7, 11) is 0. The molecule has 1 aromatic carbocycles. The highest BCUT2D eigenvalue weighted by atomic mass is 16.6. The molecule has 0 aliphatic carbocycles. The lowest BCUT2D eigenvalue weighted by Gasteiger charge is -2.10. The van der Waals surface area contributed by atoms with Gasteiger partial charge in [0.25, 0.3) is 0 Å². The van der Waals surface area contributed by atoms with E-state index in [0.717, 1.165) is 5.56 Å². The number of hydrogen-bond donors (Lipinski definition) is 3. The van der Waals surface area contributed by atoms with Gasteiger partial charge in [-0.25, -0.2) is 4.79 Å². The molecule has 19 heavy (non-hydrogen) atoms. The van der Waals surface area contributed by atoms with Crippen molar-refractivity contribution in [2.75, 3.05) is 0 Å². The standard InChI is InChI=1S/C13H19N3O3/c14-10(8-9-4-2-1-3-5-9)13(18)19-12(17)7-6-11(15)16/h1-5,10-11H,6-8,14-16H2/t10-/m0/s1. The van der Waals surface area contributed by atoms with Crippen molar-refractivity contribution in [3.8, 4) is 0 Å². The molecule has 0 radical (unpaired) electrons. The van der Waals surface area contributed by atoms with E-state index < -0.39 is 24.1 Å². The van der Waals surface area contributed by atoms with Crippen LogP contribution in [0.25, 0.3) is 0 Å². The molecule has 0 aliphatic rings. The highest BCUT2D eigenvalue weighted by Gasteiger charge is 2.19. The van der Waals surface area contributed by atoms with Crippen LogP contribution in [0.5, 0.6) is 0 Å². The summed E-state index contributed by atoms with van der Waals surface area (Å²) in [6.45, 7) is 0. The maximum absolute atomic E-state index is 11.6. The third-order valence-corrected chi connectivity index (χ3v) is 2.50. The van der Waals surface area contributed by atoms with Crippen LogP contribution in [-0.4, -0.2) is 24.1 Å². The lowest BCUT2D eigenvalue weighted by molar-refractivity contribution is -0.160. The van der Waals surface area contributed by atoms with Gasteiger partial charge in [0.05, 0.1) is 6.17 Å². The van der Waals surface area contributed by atoms with E-state index in [1.54, 1.807) is 0 Å². The number of hydrogen-bond acceptors (Lipinski definition) is 6. The lowest BCUT2D eigenvalue weighted by atomic mass is 10.1. The molecule has 6 N–H and O–H groups in total. The van der Waals surface area contributed by atoms with E-state index in [4.69, 9.17) is 17.2 Å². The van der Waals surface area contributed by atoms with E-state index in [9.17, 15) is 9.59 Å². The van der Waals surface area contributed by atoms with Gasteiger partial charge in [-0.1, -0.05) is 30.3 Å². The predicted octanol–water partition coefficient (Wildman–Crippen LogP) is -0.350. The first-order chi connectivity index (χ1) is 8.99. The Morgan fingerprint density at radius 2 is 1.74 bits per heavy atom. The molecule has 0 bridgehead atoms. The SMILES string of the molecule is NC(N)CCC(=O)OC(=O)[C@@H](N)Cc1ccccc1. The molecule has 0 aromatic heterocycles. The molecule has 6 nitrogen and oxygen atoms in total. The van der Waals surface area contributed by atoms with Crippen molar-refractivity contribution in [3.05, 3.63) is 35.9 Å². The van der Waals surface area contributed by atoms with E-state index in [1.807, 2.05) is 30.3 Å². The molecule has 0 saturated heterocycles. The minimum atomic E-state index is -0.863. The fraction of sp³-hybridized carbons (Fsp3) is 0.385. The summed E-state index contributed by atoms with van der Waals surface area (Å²) in [6.07, 6.45) is -0.00847. The van der Waals surface area contributed by atoms with Gasteiger partial charge in [0.2, 0.25) is 0 Å². The van der Waals surface area contributed by atoms with Crippen LogP contribution in [0, 0.1) is 0 Å². The molecule has 0 spiro atoms. The molecule has 0 amide bonds. The van der Waals surface area contributed by atoms with Gasteiger partial charge >= 0.3 is 11.9 Å². The molecule has 0 fully saturated rings. The van der Waals surface area contributed by atoms with Crippen LogP contribution in [0.15, 0.2) is 30.3 Å². The van der Waals surface area contributed by atoms with Gasteiger partial charge in [0.1, 0.15) is 6.04 Å². The van der Waals surface area contributed by atoms with Gasteiger partial charge in [-0.05, 0) is 18.4 Å². The van der Waals surface area contributed by atoms with Crippen LogP contribution >= 0.6 is 0 Å². The van der Waals surface area contributed by atoms with Crippen LogP contribution < -0.4 is 17.2 Å². The number of ether oxygens (including phenoxy) is 1. The van der Waals surface area contributed by atoms with Crippen LogP contribution in [0.2, 0.25) is 0 Å².